The van der Waals surface area contributed by atoms with E-state index in [0.29, 0.717) is 22.4 Å². The zero-order valence-corrected chi connectivity index (χ0v) is 16.6. The van der Waals surface area contributed by atoms with E-state index in [1.54, 1.807) is 37.3 Å². The molecule has 1 amide bonds. The Morgan fingerprint density at radius 3 is 2.46 bits per heavy atom. The van der Waals surface area contributed by atoms with E-state index in [9.17, 15) is 4.79 Å². The molecule has 6 nitrogen and oxygen atoms in total. The van der Waals surface area contributed by atoms with Crippen LogP contribution in [0.25, 0.3) is 0 Å². The van der Waals surface area contributed by atoms with Crippen LogP contribution in [0.15, 0.2) is 54.6 Å². The number of halogens is 1. The normalized spacial score (nSPS) is 10.6. The summed E-state index contributed by atoms with van der Waals surface area (Å²) in [5.74, 6) is 1.44. The molecule has 0 unspecified atom stereocenters. The van der Waals surface area contributed by atoms with Crippen LogP contribution >= 0.6 is 11.6 Å². The molecule has 0 aliphatic rings. The minimum Gasteiger partial charge on any atom is -0.491 e. The number of hydrogen-bond acceptors (Lipinski definition) is 5. The lowest BCUT2D eigenvalue weighted by atomic mass is 10.2. The summed E-state index contributed by atoms with van der Waals surface area (Å²) in [4.78, 5) is 21.1. The van der Waals surface area contributed by atoms with Crippen LogP contribution in [0.3, 0.4) is 0 Å². The van der Waals surface area contributed by atoms with Gasteiger partial charge in [0.15, 0.2) is 0 Å². The number of aryl methyl sites for hydroxylation is 1. The third-order valence-corrected chi connectivity index (χ3v) is 4.02. The van der Waals surface area contributed by atoms with Crippen LogP contribution in [-0.4, -0.2) is 22.0 Å². The lowest BCUT2D eigenvalue weighted by Crippen LogP contribution is -2.15. The lowest BCUT2D eigenvalue weighted by Gasteiger charge is -2.12. The second-order valence-electron chi connectivity index (χ2n) is 6.44. The smallest absolute Gasteiger partial charge is 0.274 e. The molecule has 0 atom stereocenters. The van der Waals surface area contributed by atoms with E-state index in [-0.39, 0.29) is 17.7 Å². The molecule has 1 aromatic heterocycles. The second kappa shape index (κ2) is 8.71. The molecule has 1 heterocycles. The van der Waals surface area contributed by atoms with E-state index in [0.717, 1.165) is 11.4 Å². The largest absolute Gasteiger partial charge is 0.491 e. The molecule has 0 fully saturated rings. The van der Waals surface area contributed by atoms with E-state index in [1.165, 1.54) is 0 Å². The molecule has 144 valence electrons. The van der Waals surface area contributed by atoms with Gasteiger partial charge in [-0.1, -0.05) is 23.7 Å². The number of amides is 1. The van der Waals surface area contributed by atoms with Crippen LogP contribution in [-0.2, 0) is 0 Å². The molecular weight excluding hydrogens is 376 g/mol. The van der Waals surface area contributed by atoms with Gasteiger partial charge in [0.05, 0.1) is 16.8 Å². The van der Waals surface area contributed by atoms with Gasteiger partial charge in [-0.15, -0.1) is 0 Å². The highest BCUT2D eigenvalue weighted by atomic mass is 35.5. The van der Waals surface area contributed by atoms with Crippen molar-refractivity contribution in [1.29, 1.82) is 0 Å². The van der Waals surface area contributed by atoms with Crippen molar-refractivity contribution in [3.63, 3.8) is 0 Å². The van der Waals surface area contributed by atoms with Crippen molar-refractivity contribution in [3.8, 4) is 5.75 Å². The molecular formula is C21H21ClN4O2. The summed E-state index contributed by atoms with van der Waals surface area (Å²) in [5, 5.41) is 6.41. The fraction of sp³-hybridized carbons (Fsp3) is 0.190. The molecule has 0 aliphatic carbocycles. The Hall–Kier alpha value is -3.12. The number of benzene rings is 2. The van der Waals surface area contributed by atoms with Gasteiger partial charge < -0.3 is 15.4 Å². The summed E-state index contributed by atoms with van der Waals surface area (Å²) in [5.41, 5.74) is 1.60. The summed E-state index contributed by atoms with van der Waals surface area (Å²) in [7, 11) is 0. The lowest BCUT2D eigenvalue weighted by molar-refractivity contribution is 0.102. The molecule has 2 aromatic carbocycles. The van der Waals surface area contributed by atoms with Crippen LogP contribution in [0.4, 0.5) is 17.2 Å². The first-order valence-electron chi connectivity index (χ1n) is 8.86. The fourth-order valence-corrected chi connectivity index (χ4v) is 2.72. The predicted molar refractivity (Wildman–Crippen MR) is 112 cm³/mol. The topological polar surface area (TPSA) is 76.1 Å². The van der Waals surface area contributed by atoms with Crippen molar-refractivity contribution in [1.82, 2.24) is 9.97 Å². The van der Waals surface area contributed by atoms with Gasteiger partial charge in [0.25, 0.3) is 5.91 Å². The van der Waals surface area contributed by atoms with Gasteiger partial charge >= 0.3 is 0 Å². The number of carbonyl (C=O) groups is 1. The van der Waals surface area contributed by atoms with Gasteiger partial charge in [-0.05, 0) is 57.2 Å². The third-order valence-electron chi connectivity index (χ3n) is 3.69. The van der Waals surface area contributed by atoms with Crippen LogP contribution in [0.1, 0.15) is 30.2 Å². The summed E-state index contributed by atoms with van der Waals surface area (Å²) < 4.78 is 5.64. The van der Waals surface area contributed by atoms with Crippen molar-refractivity contribution >= 4 is 34.7 Å². The minimum absolute atomic E-state index is 0.113. The fourth-order valence-electron chi connectivity index (χ4n) is 2.53. The van der Waals surface area contributed by atoms with Gasteiger partial charge in [-0.3, -0.25) is 4.79 Å². The molecule has 0 spiro atoms. The van der Waals surface area contributed by atoms with Crippen molar-refractivity contribution in [2.45, 2.75) is 26.9 Å². The number of anilines is 3. The zero-order valence-electron chi connectivity index (χ0n) is 15.9. The Morgan fingerprint density at radius 1 is 1.07 bits per heavy atom. The molecule has 2 N–H and O–H groups in total. The maximum absolute atomic E-state index is 12.6. The quantitative estimate of drug-likeness (QED) is 0.597. The Bertz CT molecular complexity index is 974. The van der Waals surface area contributed by atoms with Crippen molar-refractivity contribution in [2.24, 2.45) is 0 Å². The maximum atomic E-state index is 12.6. The monoisotopic (exact) mass is 396 g/mol. The summed E-state index contributed by atoms with van der Waals surface area (Å²) in [6, 6.07) is 16.2. The summed E-state index contributed by atoms with van der Waals surface area (Å²) in [6.45, 7) is 5.69. The molecule has 0 saturated heterocycles. The average Bonchev–Trinajstić information content (AvgIpc) is 2.64. The van der Waals surface area contributed by atoms with Gasteiger partial charge in [-0.2, -0.15) is 0 Å². The Kier molecular flexibility index (Phi) is 6.11. The SMILES string of the molecule is Cc1nc(Nc2ccc(OC(C)C)cc2)cc(C(=O)Nc2ccccc2Cl)n1. The summed E-state index contributed by atoms with van der Waals surface area (Å²) in [6.07, 6.45) is 0.113. The molecule has 0 aliphatic heterocycles. The highest BCUT2D eigenvalue weighted by Crippen LogP contribution is 2.23. The molecule has 0 saturated carbocycles. The highest BCUT2D eigenvalue weighted by Gasteiger charge is 2.12. The maximum Gasteiger partial charge on any atom is 0.274 e. The van der Waals surface area contributed by atoms with E-state index >= 15 is 0 Å². The average molecular weight is 397 g/mol. The highest BCUT2D eigenvalue weighted by molar-refractivity contribution is 6.33. The molecule has 3 aromatic rings. The first-order chi connectivity index (χ1) is 13.4. The first-order valence-corrected chi connectivity index (χ1v) is 9.24. The van der Waals surface area contributed by atoms with Crippen molar-refractivity contribution in [3.05, 3.63) is 71.1 Å². The number of carbonyl (C=O) groups excluding carboxylic acids is 1. The Morgan fingerprint density at radius 2 is 1.79 bits per heavy atom. The van der Waals surface area contributed by atoms with Crippen molar-refractivity contribution in [2.75, 3.05) is 10.6 Å². The molecule has 28 heavy (non-hydrogen) atoms. The van der Waals surface area contributed by atoms with Crippen LogP contribution < -0.4 is 15.4 Å². The number of nitrogens with zero attached hydrogens (tertiary/aromatic N) is 2. The minimum atomic E-state index is -0.359. The number of ether oxygens (including phenoxy) is 1. The number of rotatable bonds is 6. The van der Waals surface area contributed by atoms with Gasteiger partial charge in [0.1, 0.15) is 23.1 Å². The van der Waals surface area contributed by atoms with E-state index < -0.39 is 0 Å². The second-order valence-corrected chi connectivity index (χ2v) is 6.84. The van der Waals surface area contributed by atoms with Gasteiger partial charge in [-0.25, -0.2) is 9.97 Å². The first kappa shape index (κ1) is 19.6. The van der Waals surface area contributed by atoms with Crippen LogP contribution in [0.5, 0.6) is 5.75 Å². The number of nitrogens with one attached hydrogen (secondary N) is 2. The van der Waals surface area contributed by atoms with Crippen molar-refractivity contribution < 1.29 is 9.53 Å². The van der Waals surface area contributed by atoms with Gasteiger partial charge in [0.2, 0.25) is 0 Å². The van der Waals surface area contributed by atoms with Gasteiger partial charge in [0, 0.05) is 11.8 Å². The molecule has 7 heteroatoms. The Labute approximate surface area is 168 Å². The number of aromatic nitrogens is 2. The van der Waals surface area contributed by atoms with E-state index in [2.05, 4.69) is 20.6 Å². The van der Waals surface area contributed by atoms with Crippen LogP contribution in [0, 0.1) is 6.92 Å². The Balaban J connectivity index is 1.76. The standard InChI is InChI=1S/C21H21ClN4O2/c1-13(2)28-16-10-8-15(9-11-16)25-20-12-19(23-14(3)24-20)21(27)26-18-7-5-4-6-17(18)22/h4-13H,1-3H3,(H,26,27)(H,23,24,25). The molecule has 0 bridgehead atoms. The van der Waals surface area contributed by atoms with E-state index in [1.807, 2.05) is 38.1 Å². The number of para-hydroxylation sites is 1. The summed E-state index contributed by atoms with van der Waals surface area (Å²) >= 11 is 6.10. The van der Waals surface area contributed by atoms with Crippen LogP contribution in [0.2, 0.25) is 5.02 Å². The number of hydrogen-bond donors (Lipinski definition) is 2. The zero-order chi connectivity index (χ0) is 20.1. The molecule has 3 rings (SSSR count). The van der Waals surface area contributed by atoms with E-state index in [4.69, 9.17) is 16.3 Å². The molecule has 0 radical (unpaired) electrons. The predicted octanol–water partition coefficient (Wildman–Crippen LogP) is 5.22. The third kappa shape index (κ3) is 5.20.